The molecule has 1 aromatic rings. The lowest BCUT2D eigenvalue weighted by molar-refractivity contribution is -0.244. The number of carbonyl (C=O) groups is 1. The molecule has 8 heteroatoms. The number of aliphatic hydroxyl groups excluding tert-OH is 3. The summed E-state index contributed by atoms with van der Waals surface area (Å²) in [5.41, 5.74) is 0. The van der Waals surface area contributed by atoms with Gasteiger partial charge in [-0.15, -0.1) is 0 Å². The Hall–Kier alpha value is -1.38. The van der Waals surface area contributed by atoms with Gasteiger partial charge in [0.2, 0.25) is 12.2 Å². The molecule has 2 rings (SSSR count). The molecule has 0 aromatic heterocycles. The van der Waals surface area contributed by atoms with Crippen molar-refractivity contribution in [2.75, 3.05) is 6.61 Å². The van der Waals surface area contributed by atoms with Gasteiger partial charge in [-0.05, 0) is 24.3 Å². The number of halogens is 1. The summed E-state index contributed by atoms with van der Waals surface area (Å²) in [7, 11) is 0. The van der Waals surface area contributed by atoms with Crippen LogP contribution in [0.5, 0.6) is 5.75 Å². The van der Waals surface area contributed by atoms with E-state index < -0.39 is 43.2 Å². The Balaban J connectivity index is 2.18. The average Bonchev–Trinajstić information content (AvgIpc) is 2.48. The van der Waals surface area contributed by atoms with E-state index in [0.29, 0.717) is 10.8 Å². The molecule has 1 saturated heterocycles. The predicted octanol–water partition coefficient (Wildman–Crippen LogP) is -0.338. The molecule has 1 aromatic carbocycles. The molecule has 0 saturated carbocycles. The van der Waals surface area contributed by atoms with Crippen LogP contribution in [0, 0.1) is 0 Å². The second-order valence-electron chi connectivity index (χ2n) is 5.00. The number of amides is 1. The van der Waals surface area contributed by atoms with Gasteiger partial charge < -0.3 is 30.1 Å². The summed E-state index contributed by atoms with van der Waals surface area (Å²) < 4.78 is 11.0. The lowest BCUT2D eigenvalue weighted by atomic mass is 9.97. The summed E-state index contributed by atoms with van der Waals surface area (Å²) >= 11 is 5.79. The molecule has 7 nitrogen and oxygen atoms in total. The molecule has 1 heterocycles. The van der Waals surface area contributed by atoms with Crippen LogP contribution in [0.4, 0.5) is 0 Å². The van der Waals surface area contributed by atoms with Gasteiger partial charge in [-0.2, -0.15) is 0 Å². The second kappa shape index (κ2) is 7.26. The van der Waals surface area contributed by atoms with E-state index in [1.165, 1.54) is 6.92 Å². The van der Waals surface area contributed by atoms with Crippen LogP contribution in [0.3, 0.4) is 0 Å². The van der Waals surface area contributed by atoms with E-state index in [0.717, 1.165) is 0 Å². The fourth-order valence-electron chi connectivity index (χ4n) is 2.22. The van der Waals surface area contributed by atoms with Crippen LogP contribution in [0.15, 0.2) is 24.3 Å². The minimum absolute atomic E-state index is 0.407. The molecule has 1 fully saturated rings. The van der Waals surface area contributed by atoms with Gasteiger partial charge in [-0.3, -0.25) is 4.79 Å². The first-order chi connectivity index (χ1) is 10.4. The first-order valence-corrected chi connectivity index (χ1v) is 7.12. The first kappa shape index (κ1) is 17.0. The van der Waals surface area contributed by atoms with E-state index in [4.69, 9.17) is 21.1 Å². The summed E-state index contributed by atoms with van der Waals surface area (Å²) in [5, 5.41) is 32.2. The van der Waals surface area contributed by atoms with Gasteiger partial charge in [-0.1, -0.05) is 11.6 Å². The van der Waals surface area contributed by atoms with E-state index >= 15 is 0 Å². The number of ether oxygens (including phenoxy) is 2. The summed E-state index contributed by atoms with van der Waals surface area (Å²) in [4.78, 5) is 11.3. The molecule has 5 atom stereocenters. The van der Waals surface area contributed by atoms with Crippen LogP contribution in [0.1, 0.15) is 6.92 Å². The van der Waals surface area contributed by atoms with E-state index in [-0.39, 0.29) is 0 Å². The van der Waals surface area contributed by atoms with E-state index in [2.05, 4.69) is 5.32 Å². The van der Waals surface area contributed by atoms with Crippen LogP contribution < -0.4 is 10.1 Å². The minimum atomic E-state index is -1.34. The quantitative estimate of drug-likeness (QED) is 0.601. The smallest absolute Gasteiger partial charge is 0.223 e. The molecule has 1 aliphatic heterocycles. The van der Waals surface area contributed by atoms with Crippen LogP contribution in [-0.2, 0) is 9.53 Å². The van der Waals surface area contributed by atoms with Crippen molar-refractivity contribution in [2.45, 2.75) is 37.6 Å². The van der Waals surface area contributed by atoms with Gasteiger partial charge in [0, 0.05) is 11.9 Å². The third-order valence-corrected chi connectivity index (χ3v) is 3.57. The molecule has 1 aliphatic rings. The normalized spacial score (nSPS) is 31.6. The molecule has 5 unspecified atom stereocenters. The third kappa shape index (κ3) is 3.88. The van der Waals surface area contributed by atoms with E-state index in [1.807, 2.05) is 0 Å². The number of rotatable bonds is 4. The van der Waals surface area contributed by atoms with Gasteiger partial charge in [-0.25, -0.2) is 0 Å². The molecule has 0 bridgehead atoms. The number of benzene rings is 1. The summed E-state index contributed by atoms with van der Waals surface area (Å²) in [6.07, 6.45) is -4.77. The summed E-state index contributed by atoms with van der Waals surface area (Å²) in [6, 6.07) is 5.44. The van der Waals surface area contributed by atoms with Gasteiger partial charge >= 0.3 is 0 Å². The maximum atomic E-state index is 11.3. The first-order valence-electron chi connectivity index (χ1n) is 6.74. The van der Waals surface area contributed by atoms with E-state index in [1.54, 1.807) is 24.3 Å². The van der Waals surface area contributed by atoms with Crippen molar-refractivity contribution in [1.82, 2.24) is 5.32 Å². The third-order valence-electron chi connectivity index (χ3n) is 3.32. The zero-order valence-electron chi connectivity index (χ0n) is 11.8. The fourth-order valence-corrected chi connectivity index (χ4v) is 2.34. The van der Waals surface area contributed by atoms with Gasteiger partial charge in [0.05, 0.1) is 6.61 Å². The zero-order valence-corrected chi connectivity index (χ0v) is 12.6. The highest BCUT2D eigenvalue weighted by molar-refractivity contribution is 6.30. The summed E-state index contributed by atoms with van der Waals surface area (Å²) in [5.74, 6) is -0.00274. The highest BCUT2D eigenvalue weighted by atomic mass is 35.5. The van der Waals surface area contributed by atoms with Gasteiger partial charge in [0.1, 0.15) is 30.1 Å². The van der Waals surface area contributed by atoms with Gasteiger partial charge in [0.25, 0.3) is 0 Å². The lowest BCUT2D eigenvalue weighted by Gasteiger charge is -2.42. The zero-order chi connectivity index (χ0) is 16.3. The monoisotopic (exact) mass is 331 g/mol. The summed E-state index contributed by atoms with van der Waals surface area (Å²) in [6.45, 7) is 0.780. The fraction of sp³-hybridized carbons (Fsp3) is 0.500. The Morgan fingerprint density at radius 2 is 1.95 bits per heavy atom. The van der Waals surface area contributed by atoms with Crippen molar-refractivity contribution in [3.63, 3.8) is 0 Å². The maximum Gasteiger partial charge on any atom is 0.223 e. The van der Waals surface area contributed by atoms with E-state index in [9.17, 15) is 20.1 Å². The number of aliphatic hydroxyl groups is 3. The number of hydrogen-bond donors (Lipinski definition) is 4. The Labute approximate surface area is 132 Å². The Morgan fingerprint density at radius 1 is 1.32 bits per heavy atom. The minimum Gasteiger partial charge on any atom is -0.463 e. The molecular formula is C14H18ClNO6. The van der Waals surface area contributed by atoms with Crippen LogP contribution in [0.2, 0.25) is 5.02 Å². The number of hydrogen-bond acceptors (Lipinski definition) is 6. The largest absolute Gasteiger partial charge is 0.463 e. The molecule has 0 spiro atoms. The topological polar surface area (TPSA) is 108 Å². The van der Waals surface area contributed by atoms with Crippen LogP contribution in [-0.4, -0.2) is 58.5 Å². The molecule has 0 aliphatic carbocycles. The van der Waals surface area contributed by atoms with Crippen molar-refractivity contribution in [2.24, 2.45) is 0 Å². The van der Waals surface area contributed by atoms with Crippen LogP contribution >= 0.6 is 11.6 Å². The van der Waals surface area contributed by atoms with Crippen molar-refractivity contribution >= 4 is 17.5 Å². The molecule has 122 valence electrons. The predicted molar refractivity (Wildman–Crippen MR) is 77.4 cm³/mol. The van der Waals surface area contributed by atoms with Gasteiger partial charge in [0.15, 0.2) is 0 Å². The Morgan fingerprint density at radius 3 is 2.50 bits per heavy atom. The van der Waals surface area contributed by atoms with Crippen molar-refractivity contribution < 1.29 is 29.6 Å². The second-order valence-corrected chi connectivity index (χ2v) is 5.44. The van der Waals surface area contributed by atoms with Crippen LogP contribution in [0.25, 0.3) is 0 Å². The SMILES string of the molecule is CC(=O)NC1C(Oc2ccc(Cl)cc2)OC(CO)C(O)C1O. The standard InChI is InChI=1S/C14H18ClNO6/c1-7(18)16-11-13(20)12(19)10(6-17)22-14(11)21-9-4-2-8(15)3-5-9/h2-5,10-14,17,19-20H,6H2,1H3,(H,16,18). The molecule has 1 amide bonds. The molecular weight excluding hydrogens is 314 g/mol. The molecule has 0 radical (unpaired) electrons. The Kier molecular flexibility index (Phi) is 5.60. The number of nitrogens with one attached hydrogen (secondary N) is 1. The average molecular weight is 332 g/mol. The molecule has 22 heavy (non-hydrogen) atoms. The van der Waals surface area contributed by atoms with Crippen molar-refractivity contribution in [3.05, 3.63) is 29.3 Å². The Bertz CT molecular complexity index is 511. The lowest BCUT2D eigenvalue weighted by Crippen LogP contribution is -2.65. The van der Waals surface area contributed by atoms with Crippen molar-refractivity contribution in [1.29, 1.82) is 0 Å². The highest BCUT2D eigenvalue weighted by Gasteiger charge is 2.46. The maximum absolute atomic E-state index is 11.3. The number of carbonyl (C=O) groups excluding carboxylic acids is 1. The molecule has 4 N–H and O–H groups in total. The highest BCUT2D eigenvalue weighted by Crippen LogP contribution is 2.25. The van der Waals surface area contributed by atoms with Crippen molar-refractivity contribution in [3.8, 4) is 5.75 Å².